The number of aryl methyl sites for hydroxylation is 2. The fourth-order valence-electron chi connectivity index (χ4n) is 1.77. The highest BCUT2D eigenvalue weighted by molar-refractivity contribution is 5.81. The summed E-state index contributed by atoms with van der Waals surface area (Å²) in [6.45, 7) is 13.0. The third-order valence-electron chi connectivity index (χ3n) is 2.43. The summed E-state index contributed by atoms with van der Waals surface area (Å²) < 4.78 is 13.5. The molecular formula is C15H17F. The maximum atomic E-state index is 13.5. The topological polar surface area (TPSA) is 0 Å². The monoisotopic (exact) mass is 216 g/mol. The Morgan fingerprint density at radius 2 is 1.69 bits per heavy atom. The minimum atomic E-state index is -0.416. The van der Waals surface area contributed by atoms with E-state index in [0.29, 0.717) is 5.57 Å². The summed E-state index contributed by atoms with van der Waals surface area (Å²) in [5.74, 6) is -0.416. The summed E-state index contributed by atoms with van der Waals surface area (Å²) in [5, 5.41) is 0. The van der Waals surface area contributed by atoms with Gasteiger partial charge < -0.3 is 0 Å². The molecule has 0 saturated heterocycles. The molecule has 0 N–H and O–H groups in total. The quantitative estimate of drug-likeness (QED) is 0.640. The number of rotatable bonds is 3. The van der Waals surface area contributed by atoms with Crippen LogP contribution in [0, 0.1) is 13.8 Å². The Kier molecular flexibility index (Phi) is 3.83. The lowest BCUT2D eigenvalue weighted by Crippen LogP contribution is -1.94. The van der Waals surface area contributed by atoms with Gasteiger partial charge >= 0.3 is 0 Å². The highest BCUT2D eigenvalue weighted by atomic mass is 19.1. The van der Waals surface area contributed by atoms with E-state index in [1.807, 2.05) is 39.0 Å². The first-order valence-corrected chi connectivity index (χ1v) is 5.22. The molecule has 0 spiro atoms. The van der Waals surface area contributed by atoms with Gasteiger partial charge in [-0.25, -0.2) is 4.39 Å². The zero-order valence-corrected chi connectivity index (χ0v) is 10.1. The summed E-state index contributed by atoms with van der Waals surface area (Å²) in [6.07, 6.45) is 1.73. The first kappa shape index (κ1) is 12.4. The van der Waals surface area contributed by atoms with Gasteiger partial charge in [-0.3, -0.25) is 0 Å². The van der Waals surface area contributed by atoms with E-state index >= 15 is 0 Å². The van der Waals surface area contributed by atoms with Crippen LogP contribution in [-0.2, 0) is 0 Å². The van der Waals surface area contributed by atoms with Crippen LogP contribution in [0.15, 0.2) is 48.8 Å². The van der Waals surface area contributed by atoms with Gasteiger partial charge in [0.05, 0.1) is 0 Å². The molecule has 1 rings (SSSR count). The highest BCUT2D eigenvalue weighted by Gasteiger charge is 2.11. The summed E-state index contributed by atoms with van der Waals surface area (Å²) in [7, 11) is 0. The molecule has 84 valence electrons. The number of allylic oxidation sites excluding steroid dienone is 4. The van der Waals surface area contributed by atoms with Crippen molar-refractivity contribution in [2.75, 3.05) is 0 Å². The summed E-state index contributed by atoms with van der Waals surface area (Å²) >= 11 is 0. The van der Waals surface area contributed by atoms with Gasteiger partial charge in [0.15, 0.2) is 0 Å². The fourth-order valence-corrected chi connectivity index (χ4v) is 1.77. The molecule has 16 heavy (non-hydrogen) atoms. The molecular weight excluding hydrogens is 199 g/mol. The maximum Gasteiger partial charge on any atom is 0.123 e. The molecule has 0 amide bonds. The molecule has 0 fully saturated rings. The van der Waals surface area contributed by atoms with Crippen LogP contribution in [0.25, 0.3) is 5.57 Å². The second-order valence-electron chi connectivity index (χ2n) is 4.08. The van der Waals surface area contributed by atoms with Gasteiger partial charge in [0.1, 0.15) is 5.83 Å². The third-order valence-corrected chi connectivity index (χ3v) is 2.43. The minimum Gasteiger partial charge on any atom is -0.207 e. The summed E-state index contributed by atoms with van der Waals surface area (Å²) in [4.78, 5) is 0. The molecule has 0 nitrogen and oxygen atoms in total. The van der Waals surface area contributed by atoms with E-state index in [4.69, 9.17) is 0 Å². The van der Waals surface area contributed by atoms with Gasteiger partial charge in [0.2, 0.25) is 0 Å². The van der Waals surface area contributed by atoms with E-state index in [9.17, 15) is 4.39 Å². The van der Waals surface area contributed by atoms with Gasteiger partial charge in [-0.2, -0.15) is 0 Å². The van der Waals surface area contributed by atoms with Gasteiger partial charge in [0.25, 0.3) is 0 Å². The Morgan fingerprint density at radius 3 is 2.06 bits per heavy atom. The van der Waals surface area contributed by atoms with Gasteiger partial charge in [0, 0.05) is 5.57 Å². The lowest BCUT2D eigenvalue weighted by molar-refractivity contribution is 0.677. The Morgan fingerprint density at radius 1 is 1.19 bits per heavy atom. The van der Waals surface area contributed by atoms with Crippen LogP contribution in [-0.4, -0.2) is 0 Å². The van der Waals surface area contributed by atoms with Crippen LogP contribution in [0.3, 0.4) is 0 Å². The van der Waals surface area contributed by atoms with Crippen molar-refractivity contribution < 1.29 is 4.39 Å². The lowest BCUT2D eigenvalue weighted by Gasteiger charge is -2.12. The molecule has 1 aromatic carbocycles. The first-order chi connectivity index (χ1) is 7.43. The fraction of sp³-hybridized carbons (Fsp3) is 0.200. The van der Waals surface area contributed by atoms with Crippen LogP contribution in [0.4, 0.5) is 4.39 Å². The average Bonchev–Trinajstić information content (AvgIpc) is 2.15. The second-order valence-corrected chi connectivity index (χ2v) is 4.08. The van der Waals surface area contributed by atoms with Crippen LogP contribution in [0.1, 0.15) is 23.6 Å². The van der Waals surface area contributed by atoms with E-state index in [0.717, 1.165) is 22.3 Å². The molecule has 0 saturated carbocycles. The largest absolute Gasteiger partial charge is 0.207 e. The van der Waals surface area contributed by atoms with Crippen molar-refractivity contribution in [1.82, 2.24) is 0 Å². The zero-order valence-electron chi connectivity index (χ0n) is 10.1. The average molecular weight is 216 g/mol. The Labute approximate surface area is 96.8 Å². The van der Waals surface area contributed by atoms with E-state index in [1.54, 1.807) is 6.08 Å². The molecule has 0 radical (unpaired) electrons. The van der Waals surface area contributed by atoms with Crippen molar-refractivity contribution in [2.45, 2.75) is 20.8 Å². The zero-order chi connectivity index (χ0) is 12.3. The standard InChI is InChI=1S/C15H17F/c1-10(2)9-14(13(5)16)15-11(3)7-6-8-12(15)4/h6-9H,1,5H2,2-4H3/b14-9+. The van der Waals surface area contributed by atoms with Crippen molar-refractivity contribution in [3.63, 3.8) is 0 Å². The molecule has 0 bridgehead atoms. The van der Waals surface area contributed by atoms with Gasteiger partial charge in [-0.05, 0) is 43.5 Å². The smallest absolute Gasteiger partial charge is 0.123 e. The molecule has 0 aliphatic rings. The van der Waals surface area contributed by atoms with Crippen molar-refractivity contribution >= 4 is 5.57 Å². The van der Waals surface area contributed by atoms with E-state index in [2.05, 4.69) is 13.2 Å². The van der Waals surface area contributed by atoms with E-state index < -0.39 is 5.83 Å². The van der Waals surface area contributed by atoms with Crippen LogP contribution in [0.5, 0.6) is 0 Å². The lowest BCUT2D eigenvalue weighted by atomic mass is 9.94. The molecule has 0 aliphatic heterocycles. The van der Waals surface area contributed by atoms with Crippen molar-refractivity contribution in [3.8, 4) is 0 Å². The number of hydrogen-bond donors (Lipinski definition) is 0. The van der Waals surface area contributed by atoms with Crippen LogP contribution in [0.2, 0.25) is 0 Å². The molecule has 1 aromatic rings. The maximum absolute atomic E-state index is 13.5. The van der Waals surface area contributed by atoms with Crippen LogP contribution >= 0.6 is 0 Å². The molecule has 0 atom stereocenters. The second kappa shape index (κ2) is 4.93. The molecule has 1 heteroatoms. The van der Waals surface area contributed by atoms with E-state index in [1.165, 1.54) is 0 Å². The van der Waals surface area contributed by atoms with Crippen LogP contribution < -0.4 is 0 Å². The third kappa shape index (κ3) is 2.69. The minimum absolute atomic E-state index is 0.416. The van der Waals surface area contributed by atoms with Crippen molar-refractivity contribution in [3.05, 3.63) is 65.5 Å². The summed E-state index contributed by atoms with van der Waals surface area (Å²) in [6, 6.07) is 5.91. The number of hydrogen-bond acceptors (Lipinski definition) is 0. The van der Waals surface area contributed by atoms with Gasteiger partial charge in [-0.1, -0.05) is 36.9 Å². The van der Waals surface area contributed by atoms with Crippen molar-refractivity contribution in [1.29, 1.82) is 0 Å². The SMILES string of the molecule is C=C(C)/C=C(\C(=C)F)c1c(C)cccc1C. The molecule has 0 heterocycles. The molecule has 0 aliphatic carbocycles. The number of benzene rings is 1. The van der Waals surface area contributed by atoms with Gasteiger partial charge in [-0.15, -0.1) is 0 Å². The van der Waals surface area contributed by atoms with E-state index in [-0.39, 0.29) is 0 Å². The molecule has 0 aromatic heterocycles. The molecule has 0 unspecified atom stereocenters. The predicted molar refractivity (Wildman–Crippen MR) is 69.0 cm³/mol. The predicted octanol–water partition coefficient (Wildman–Crippen LogP) is 4.75. The normalized spacial score (nSPS) is 11.4. The highest BCUT2D eigenvalue weighted by Crippen LogP contribution is 2.29. The van der Waals surface area contributed by atoms with Crippen molar-refractivity contribution in [2.24, 2.45) is 0 Å². The number of halogens is 1. The first-order valence-electron chi connectivity index (χ1n) is 5.22. The summed E-state index contributed by atoms with van der Waals surface area (Å²) in [5.41, 5.74) is 4.36. The Balaban J connectivity index is 3.44. The Bertz CT molecular complexity index is 444. The Hall–Kier alpha value is -1.63.